The van der Waals surface area contributed by atoms with E-state index in [1.54, 1.807) is 6.07 Å². The molecule has 1 aliphatic heterocycles. The van der Waals surface area contributed by atoms with E-state index in [1.807, 2.05) is 0 Å². The van der Waals surface area contributed by atoms with Crippen molar-refractivity contribution in [3.63, 3.8) is 0 Å². The van der Waals surface area contributed by atoms with Crippen molar-refractivity contribution < 1.29 is 4.39 Å². The number of hydrogen-bond donors (Lipinski definition) is 1. The number of benzene rings is 1. The molecule has 20 heavy (non-hydrogen) atoms. The third-order valence-corrected chi connectivity index (χ3v) is 3.94. The highest BCUT2D eigenvalue weighted by molar-refractivity contribution is 5.29. The Kier molecular flexibility index (Phi) is 4.07. The van der Waals surface area contributed by atoms with E-state index in [4.69, 9.17) is 0 Å². The summed E-state index contributed by atoms with van der Waals surface area (Å²) in [4.78, 5) is 4.13. The minimum absolute atomic E-state index is 0.280. The Hall–Kier alpha value is -1.74. The van der Waals surface area contributed by atoms with Crippen molar-refractivity contribution in [1.29, 1.82) is 0 Å². The molecular formula is C17H19FN2. The molecule has 1 N–H and O–H groups in total. The fourth-order valence-electron chi connectivity index (χ4n) is 2.83. The summed E-state index contributed by atoms with van der Waals surface area (Å²) < 4.78 is 12.9. The molecule has 3 heteroatoms. The number of hydrogen-bond acceptors (Lipinski definition) is 2. The van der Waals surface area contributed by atoms with E-state index in [-0.39, 0.29) is 5.82 Å². The van der Waals surface area contributed by atoms with E-state index in [1.165, 1.54) is 36.2 Å². The van der Waals surface area contributed by atoms with Gasteiger partial charge in [0.15, 0.2) is 0 Å². The fourth-order valence-corrected chi connectivity index (χ4v) is 2.83. The molecule has 1 aromatic heterocycles. The van der Waals surface area contributed by atoms with E-state index < -0.39 is 0 Å². The maximum atomic E-state index is 12.9. The smallest absolute Gasteiger partial charge is 0.141 e. The quantitative estimate of drug-likeness (QED) is 0.926. The van der Waals surface area contributed by atoms with Gasteiger partial charge in [-0.25, -0.2) is 4.39 Å². The van der Waals surface area contributed by atoms with E-state index >= 15 is 0 Å². The highest BCUT2D eigenvalue weighted by atomic mass is 19.1. The zero-order valence-corrected chi connectivity index (χ0v) is 11.5. The number of nitrogens with zero attached hydrogens (tertiary/aromatic N) is 1. The van der Waals surface area contributed by atoms with Gasteiger partial charge in [0.25, 0.3) is 0 Å². The Morgan fingerprint density at radius 1 is 1.15 bits per heavy atom. The summed E-state index contributed by atoms with van der Waals surface area (Å²) in [6, 6.07) is 12.0. The predicted molar refractivity (Wildman–Crippen MR) is 78.3 cm³/mol. The summed E-state index contributed by atoms with van der Waals surface area (Å²) in [7, 11) is 0. The van der Waals surface area contributed by atoms with Crippen molar-refractivity contribution in [1.82, 2.24) is 10.3 Å². The van der Waals surface area contributed by atoms with Gasteiger partial charge < -0.3 is 5.32 Å². The number of halogens is 1. The molecule has 0 aliphatic carbocycles. The third-order valence-electron chi connectivity index (χ3n) is 3.94. The summed E-state index contributed by atoms with van der Waals surface area (Å²) >= 11 is 0. The van der Waals surface area contributed by atoms with Crippen molar-refractivity contribution in [3.8, 4) is 0 Å². The van der Waals surface area contributed by atoms with Crippen molar-refractivity contribution in [3.05, 3.63) is 65.2 Å². The molecular weight excluding hydrogens is 251 g/mol. The summed E-state index contributed by atoms with van der Waals surface area (Å²) in [6.45, 7) is 2.21. The van der Waals surface area contributed by atoms with Crippen LogP contribution >= 0.6 is 0 Å². The van der Waals surface area contributed by atoms with Crippen molar-refractivity contribution in [2.45, 2.75) is 25.2 Å². The van der Waals surface area contributed by atoms with Gasteiger partial charge in [-0.05, 0) is 55.1 Å². The second-order valence-corrected chi connectivity index (χ2v) is 5.41. The lowest BCUT2D eigenvalue weighted by atomic mass is 9.89. The highest BCUT2D eigenvalue weighted by Crippen LogP contribution is 2.26. The SMILES string of the molecule is Fc1ccc(Cc2cccc(C3CCNCC3)c2)nc1. The first kappa shape index (κ1) is 13.3. The van der Waals surface area contributed by atoms with Crippen LogP contribution in [-0.2, 0) is 6.42 Å². The zero-order chi connectivity index (χ0) is 13.8. The molecule has 0 spiro atoms. The predicted octanol–water partition coefficient (Wildman–Crippen LogP) is 3.28. The first-order valence-electron chi connectivity index (χ1n) is 7.21. The van der Waals surface area contributed by atoms with Crippen LogP contribution in [0.5, 0.6) is 0 Å². The van der Waals surface area contributed by atoms with Crippen LogP contribution in [0.25, 0.3) is 0 Å². The molecule has 0 amide bonds. The lowest BCUT2D eigenvalue weighted by Crippen LogP contribution is -2.26. The average Bonchev–Trinajstić information content (AvgIpc) is 2.51. The molecule has 0 bridgehead atoms. The Morgan fingerprint density at radius 2 is 2.00 bits per heavy atom. The van der Waals surface area contributed by atoms with Crippen LogP contribution in [0, 0.1) is 5.82 Å². The van der Waals surface area contributed by atoms with Crippen LogP contribution < -0.4 is 5.32 Å². The maximum absolute atomic E-state index is 12.9. The first-order valence-corrected chi connectivity index (χ1v) is 7.21. The van der Waals surface area contributed by atoms with Gasteiger partial charge in [-0.3, -0.25) is 4.98 Å². The average molecular weight is 270 g/mol. The second-order valence-electron chi connectivity index (χ2n) is 5.41. The van der Waals surface area contributed by atoms with Gasteiger partial charge in [0.2, 0.25) is 0 Å². The molecule has 2 heterocycles. The van der Waals surface area contributed by atoms with Gasteiger partial charge in [0.1, 0.15) is 5.82 Å². The van der Waals surface area contributed by atoms with E-state index in [0.717, 1.165) is 25.2 Å². The lowest BCUT2D eigenvalue weighted by molar-refractivity contribution is 0.460. The number of nitrogens with one attached hydrogen (secondary N) is 1. The molecule has 0 saturated carbocycles. The molecule has 104 valence electrons. The summed E-state index contributed by atoms with van der Waals surface area (Å²) in [5.41, 5.74) is 3.58. The molecule has 0 unspecified atom stereocenters. The first-order chi connectivity index (χ1) is 9.81. The molecule has 0 radical (unpaired) electrons. The molecule has 1 saturated heterocycles. The number of piperidine rings is 1. The molecule has 2 nitrogen and oxygen atoms in total. The molecule has 1 aromatic carbocycles. The van der Waals surface area contributed by atoms with Gasteiger partial charge in [-0.2, -0.15) is 0 Å². The van der Waals surface area contributed by atoms with Crippen LogP contribution in [-0.4, -0.2) is 18.1 Å². The Labute approximate surface area is 119 Å². The lowest BCUT2D eigenvalue weighted by Gasteiger charge is -2.23. The molecule has 1 fully saturated rings. The molecule has 1 aliphatic rings. The van der Waals surface area contributed by atoms with E-state index in [0.29, 0.717) is 5.92 Å². The van der Waals surface area contributed by atoms with Crippen LogP contribution in [0.4, 0.5) is 4.39 Å². The van der Waals surface area contributed by atoms with Gasteiger partial charge in [-0.15, -0.1) is 0 Å². The van der Waals surface area contributed by atoms with Gasteiger partial charge in [0.05, 0.1) is 6.20 Å². The highest BCUT2D eigenvalue weighted by Gasteiger charge is 2.15. The minimum Gasteiger partial charge on any atom is -0.317 e. The topological polar surface area (TPSA) is 24.9 Å². The fraction of sp³-hybridized carbons (Fsp3) is 0.353. The number of rotatable bonds is 3. The zero-order valence-electron chi connectivity index (χ0n) is 11.5. The van der Waals surface area contributed by atoms with E-state index in [9.17, 15) is 4.39 Å². The van der Waals surface area contributed by atoms with Crippen molar-refractivity contribution in [2.75, 3.05) is 13.1 Å². The summed E-state index contributed by atoms with van der Waals surface area (Å²) in [5.74, 6) is 0.384. The normalized spacial score (nSPS) is 16.2. The Bertz CT molecular complexity index is 559. The van der Waals surface area contributed by atoms with Crippen LogP contribution in [0.1, 0.15) is 35.6 Å². The van der Waals surface area contributed by atoms with Gasteiger partial charge >= 0.3 is 0 Å². The molecule has 0 atom stereocenters. The van der Waals surface area contributed by atoms with Crippen molar-refractivity contribution in [2.24, 2.45) is 0 Å². The number of aromatic nitrogens is 1. The largest absolute Gasteiger partial charge is 0.317 e. The Balaban J connectivity index is 1.75. The van der Waals surface area contributed by atoms with Crippen LogP contribution in [0.2, 0.25) is 0 Å². The van der Waals surface area contributed by atoms with Crippen LogP contribution in [0.15, 0.2) is 42.6 Å². The van der Waals surface area contributed by atoms with Gasteiger partial charge in [0, 0.05) is 12.1 Å². The number of pyridine rings is 1. The maximum Gasteiger partial charge on any atom is 0.141 e. The Morgan fingerprint density at radius 3 is 2.75 bits per heavy atom. The minimum atomic E-state index is -0.280. The molecule has 3 rings (SSSR count). The van der Waals surface area contributed by atoms with Crippen molar-refractivity contribution >= 4 is 0 Å². The van der Waals surface area contributed by atoms with Gasteiger partial charge in [-0.1, -0.05) is 24.3 Å². The summed E-state index contributed by atoms with van der Waals surface area (Å²) in [5, 5.41) is 3.40. The summed E-state index contributed by atoms with van der Waals surface area (Å²) in [6.07, 6.45) is 4.46. The van der Waals surface area contributed by atoms with E-state index in [2.05, 4.69) is 34.6 Å². The third kappa shape index (κ3) is 3.23. The second kappa shape index (κ2) is 6.14. The monoisotopic (exact) mass is 270 g/mol. The standard InChI is InChI=1S/C17H19FN2/c18-16-4-5-17(20-12-16)11-13-2-1-3-15(10-13)14-6-8-19-9-7-14/h1-5,10,12,14,19H,6-9,11H2. The molecule has 2 aromatic rings. The van der Waals surface area contributed by atoms with Crippen LogP contribution in [0.3, 0.4) is 0 Å².